The van der Waals surface area contributed by atoms with Crippen molar-refractivity contribution >= 4 is 23.5 Å². The van der Waals surface area contributed by atoms with Gasteiger partial charge in [0.05, 0.1) is 12.2 Å². The van der Waals surface area contributed by atoms with Crippen LogP contribution in [0.5, 0.6) is 0 Å². The predicted octanol–water partition coefficient (Wildman–Crippen LogP) is 2.77. The first kappa shape index (κ1) is 17.0. The molecule has 0 saturated carbocycles. The summed E-state index contributed by atoms with van der Waals surface area (Å²) in [7, 11) is 1.84. The van der Waals surface area contributed by atoms with E-state index in [1.54, 1.807) is 4.68 Å². The molecule has 128 valence electrons. The van der Waals surface area contributed by atoms with E-state index < -0.39 is 0 Å². The van der Waals surface area contributed by atoms with Crippen LogP contribution < -0.4 is 5.32 Å². The van der Waals surface area contributed by atoms with Crippen LogP contribution in [0.25, 0.3) is 0 Å². The fourth-order valence-corrected chi connectivity index (χ4v) is 4.17. The van der Waals surface area contributed by atoms with Crippen LogP contribution in [0.3, 0.4) is 0 Å². The average Bonchev–Trinajstić information content (AvgIpc) is 2.86. The van der Waals surface area contributed by atoms with Gasteiger partial charge in [0.2, 0.25) is 5.91 Å². The summed E-state index contributed by atoms with van der Waals surface area (Å²) in [6.07, 6.45) is 0. The molecule has 0 aliphatic carbocycles. The molecule has 0 radical (unpaired) electrons. The van der Waals surface area contributed by atoms with Crippen molar-refractivity contribution in [2.24, 2.45) is 7.05 Å². The highest BCUT2D eigenvalue weighted by Crippen LogP contribution is 2.29. The molecule has 0 unspecified atom stereocenters. The number of anilines is 1. The zero-order chi connectivity index (χ0) is 17.1. The van der Waals surface area contributed by atoms with E-state index in [9.17, 15) is 4.79 Å². The van der Waals surface area contributed by atoms with E-state index in [1.165, 1.54) is 11.1 Å². The molecule has 24 heavy (non-hydrogen) atoms. The second-order valence-corrected chi connectivity index (χ2v) is 7.46. The first-order chi connectivity index (χ1) is 11.5. The molecular weight excluding hydrogens is 320 g/mol. The Morgan fingerprint density at radius 2 is 2.08 bits per heavy atom. The number of thioether (sulfide) groups is 1. The third kappa shape index (κ3) is 3.99. The third-order valence-corrected chi connectivity index (χ3v) is 5.34. The number of hydrogen-bond donors (Lipinski definition) is 1. The molecule has 1 fully saturated rings. The van der Waals surface area contributed by atoms with Crippen LogP contribution in [0.15, 0.2) is 30.3 Å². The van der Waals surface area contributed by atoms with Gasteiger partial charge in [-0.25, -0.2) is 0 Å². The molecule has 1 aromatic heterocycles. The Balaban J connectivity index is 1.68. The maximum absolute atomic E-state index is 12.5. The number of benzene rings is 1. The van der Waals surface area contributed by atoms with Crippen molar-refractivity contribution in [2.75, 3.05) is 29.9 Å². The van der Waals surface area contributed by atoms with E-state index in [-0.39, 0.29) is 5.91 Å². The van der Waals surface area contributed by atoms with Crippen LogP contribution in [0, 0.1) is 13.8 Å². The van der Waals surface area contributed by atoms with Crippen molar-refractivity contribution in [3.05, 3.63) is 47.2 Å². The summed E-state index contributed by atoms with van der Waals surface area (Å²) < 4.78 is 1.71. The zero-order valence-electron chi connectivity index (χ0n) is 14.5. The fourth-order valence-electron chi connectivity index (χ4n) is 3.02. The second kappa shape index (κ2) is 7.40. The Morgan fingerprint density at radius 1 is 1.33 bits per heavy atom. The van der Waals surface area contributed by atoms with Crippen LogP contribution in [0.2, 0.25) is 0 Å². The highest BCUT2D eigenvalue weighted by atomic mass is 32.2. The lowest BCUT2D eigenvalue weighted by Gasteiger charge is -2.35. The maximum Gasteiger partial charge on any atom is 0.239 e. The normalized spacial score (nSPS) is 18.5. The second-order valence-electron chi connectivity index (χ2n) is 6.31. The highest BCUT2D eigenvalue weighted by molar-refractivity contribution is 7.99. The number of nitrogens with zero attached hydrogens (tertiary/aromatic N) is 3. The number of rotatable bonds is 4. The number of carbonyl (C=O) groups excluding carboxylic acids is 1. The minimum absolute atomic E-state index is 0.0158. The van der Waals surface area contributed by atoms with Crippen molar-refractivity contribution in [3.8, 4) is 0 Å². The molecule has 1 aliphatic rings. The number of aryl methyl sites for hydroxylation is 3. The van der Waals surface area contributed by atoms with Gasteiger partial charge in [-0.2, -0.15) is 16.9 Å². The van der Waals surface area contributed by atoms with E-state index in [2.05, 4.69) is 46.5 Å². The van der Waals surface area contributed by atoms with Crippen LogP contribution in [0.4, 0.5) is 5.82 Å². The first-order valence-electron chi connectivity index (χ1n) is 8.22. The van der Waals surface area contributed by atoms with Crippen molar-refractivity contribution in [2.45, 2.75) is 19.9 Å². The van der Waals surface area contributed by atoms with Gasteiger partial charge in [0, 0.05) is 37.2 Å². The quantitative estimate of drug-likeness (QED) is 0.927. The van der Waals surface area contributed by atoms with E-state index in [0.29, 0.717) is 12.6 Å². The molecule has 1 atom stereocenters. The monoisotopic (exact) mass is 344 g/mol. The topological polar surface area (TPSA) is 50.2 Å². The largest absolute Gasteiger partial charge is 0.310 e. The molecule has 0 bridgehead atoms. The lowest BCUT2D eigenvalue weighted by Crippen LogP contribution is -2.41. The number of hydrogen-bond acceptors (Lipinski definition) is 4. The zero-order valence-corrected chi connectivity index (χ0v) is 15.3. The van der Waals surface area contributed by atoms with E-state index in [0.717, 1.165) is 29.6 Å². The van der Waals surface area contributed by atoms with Gasteiger partial charge in [0.25, 0.3) is 0 Å². The molecule has 1 N–H and O–H groups in total. The number of carbonyl (C=O) groups is 1. The molecule has 5 nitrogen and oxygen atoms in total. The van der Waals surface area contributed by atoms with Crippen molar-refractivity contribution in [1.82, 2.24) is 14.7 Å². The molecule has 1 saturated heterocycles. The van der Waals surface area contributed by atoms with Gasteiger partial charge in [-0.1, -0.05) is 29.8 Å². The van der Waals surface area contributed by atoms with Gasteiger partial charge in [-0.05, 0) is 19.4 Å². The molecule has 0 spiro atoms. The summed E-state index contributed by atoms with van der Waals surface area (Å²) in [5.74, 6) is 2.86. The summed E-state index contributed by atoms with van der Waals surface area (Å²) in [5.41, 5.74) is 3.45. The molecule has 2 heterocycles. The lowest BCUT2D eigenvalue weighted by molar-refractivity contribution is -0.117. The van der Waals surface area contributed by atoms with Crippen molar-refractivity contribution in [3.63, 3.8) is 0 Å². The third-order valence-electron chi connectivity index (χ3n) is 4.32. The van der Waals surface area contributed by atoms with Crippen LogP contribution in [-0.4, -0.2) is 45.2 Å². The first-order valence-corrected chi connectivity index (χ1v) is 9.37. The van der Waals surface area contributed by atoms with Crippen LogP contribution in [-0.2, 0) is 11.8 Å². The molecule has 2 aromatic rings. The Labute approximate surface area is 147 Å². The maximum atomic E-state index is 12.5. The Morgan fingerprint density at radius 3 is 2.75 bits per heavy atom. The predicted molar refractivity (Wildman–Crippen MR) is 99.4 cm³/mol. The molecule has 6 heteroatoms. The summed E-state index contributed by atoms with van der Waals surface area (Å²) in [4.78, 5) is 14.7. The molecular formula is C18H24N4OS. The molecule has 1 amide bonds. The minimum atomic E-state index is 0.0158. The standard InChI is InChI=1S/C18H24N4OS/c1-13-4-6-15(7-5-13)16-12-24-9-8-22(16)11-18(23)19-17-10-14(2)20-21(17)3/h4-7,10,16H,8-9,11-12H2,1-3H3,(H,19,23)/t16-/m0/s1. The summed E-state index contributed by atoms with van der Waals surface area (Å²) in [5, 5.41) is 7.24. The van der Waals surface area contributed by atoms with Crippen LogP contribution >= 0.6 is 11.8 Å². The van der Waals surface area contributed by atoms with Gasteiger partial charge in [0.15, 0.2) is 0 Å². The van der Waals surface area contributed by atoms with Crippen molar-refractivity contribution < 1.29 is 4.79 Å². The average molecular weight is 344 g/mol. The highest BCUT2D eigenvalue weighted by Gasteiger charge is 2.26. The molecule has 1 aliphatic heterocycles. The lowest BCUT2D eigenvalue weighted by atomic mass is 10.0. The molecule has 1 aromatic carbocycles. The van der Waals surface area contributed by atoms with Gasteiger partial charge >= 0.3 is 0 Å². The SMILES string of the molecule is Cc1ccc([C@@H]2CSCCN2CC(=O)Nc2cc(C)nn2C)cc1. The number of nitrogens with one attached hydrogen (secondary N) is 1. The van der Waals surface area contributed by atoms with E-state index >= 15 is 0 Å². The fraction of sp³-hybridized carbons (Fsp3) is 0.444. The minimum Gasteiger partial charge on any atom is -0.310 e. The summed E-state index contributed by atoms with van der Waals surface area (Å²) in [6, 6.07) is 10.8. The van der Waals surface area contributed by atoms with Gasteiger partial charge in [-0.15, -0.1) is 0 Å². The van der Waals surface area contributed by atoms with Crippen LogP contribution in [0.1, 0.15) is 22.9 Å². The Kier molecular flexibility index (Phi) is 5.26. The molecule has 3 rings (SSSR count). The Bertz CT molecular complexity index is 710. The van der Waals surface area contributed by atoms with Gasteiger partial charge < -0.3 is 5.32 Å². The smallest absolute Gasteiger partial charge is 0.239 e. The van der Waals surface area contributed by atoms with Gasteiger partial charge in [0.1, 0.15) is 5.82 Å². The number of amides is 1. The van der Waals surface area contributed by atoms with Crippen molar-refractivity contribution in [1.29, 1.82) is 0 Å². The van der Waals surface area contributed by atoms with Gasteiger partial charge in [-0.3, -0.25) is 14.4 Å². The summed E-state index contributed by atoms with van der Waals surface area (Å²) >= 11 is 1.96. The van der Waals surface area contributed by atoms with E-state index in [4.69, 9.17) is 0 Å². The number of aromatic nitrogens is 2. The van der Waals surface area contributed by atoms with E-state index in [1.807, 2.05) is 31.8 Å². The Hall–Kier alpha value is -1.79. The summed E-state index contributed by atoms with van der Waals surface area (Å²) in [6.45, 7) is 5.36.